The monoisotopic (exact) mass is 325 g/mol. The molecule has 0 aliphatic rings. The Bertz CT molecular complexity index is 888. The SMILES string of the molecule is CCCc1ccc2c(-c3coc(C(=O)CCC(N)=O)c3)coc2c1. The summed E-state index contributed by atoms with van der Waals surface area (Å²) in [6.07, 6.45) is 5.36. The molecule has 0 spiro atoms. The molecule has 0 saturated carbocycles. The van der Waals surface area contributed by atoms with Crippen LogP contribution >= 0.6 is 0 Å². The van der Waals surface area contributed by atoms with Crippen LogP contribution in [0.15, 0.2) is 45.6 Å². The predicted molar refractivity (Wildman–Crippen MR) is 90.7 cm³/mol. The minimum atomic E-state index is -0.501. The quantitative estimate of drug-likeness (QED) is 0.663. The average molecular weight is 325 g/mol. The van der Waals surface area contributed by atoms with Crippen LogP contribution in [0, 0.1) is 0 Å². The minimum Gasteiger partial charge on any atom is -0.464 e. The first kappa shape index (κ1) is 16.1. The number of benzene rings is 1. The van der Waals surface area contributed by atoms with E-state index in [0.717, 1.165) is 34.9 Å². The van der Waals surface area contributed by atoms with Crippen LogP contribution in [0.25, 0.3) is 22.1 Å². The molecule has 0 fully saturated rings. The molecule has 0 aliphatic heterocycles. The highest BCUT2D eigenvalue weighted by molar-refractivity contribution is 5.99. The van der Waals surface area contributed by atoms with Gasteiger partial charge in [0, 0.05) is 29.4 Å². The van der Waals surface area contributed by atoms with Crippen molar-refractivity contribution < 1.29 is 18.4 Å². The number of furan rings is 2. The van der Waals surface area contributed by atoms with Gasteiger partial charge in [-0.2, -0.15) is 0 Å². The van der Waals surface area contributed by atoms with Gasteiger partial charge >= 0.3 is 0 Å². The van der Waals surface area contributed by atoms with E-state index >= 15 is 0 Å². The molecule has 0 radical (unpaired) electrons. The number of Topliss-reactive ketones (excluding diaryl/α,β-unsaturated/α-hetero) is 1. The lowest BCUT2D eigenvalue weighted by Gasteiger charge is -1.98. The highest BCUT2D eigenvalue weighted by Crippen LogP contribution is 2.32. The summed E-state index contributed by atoms with van der Waals surface area (Å²) in [6, 6.07) is 7.83. The van der Waals surface area contributed by atoms with E-state index in [0.29, 0.717) is 0 Å². The van der Waals surface area contributed by atoms with E-state index in [2.05, 4.69) is 13.0 Å². The Kier molecular flexibility index (Phi) is 4.51. The summed E-state index contributed by atoms with van der Waals surface area (Å²) < 4.78 is 11.0. The molecule has 3 aromatic rings. The molecule has 24 heavy (non-hydrogen) atoms. The van der Waals surface area contributed by atoms with Crippen molar-refractivity contribution >= 4 is 22.7 Å². The third kappa shape index (κ3) is 3.25. The predicted octanol–water partition coefficient (Wildman–Crippen LogP) is 4.09. The fourth-order valence-electron chi connectivity index (χ4n) is 2.72. The van der Waals surface area contributed by atoms with Gasteiger partial charge in [0.15, 0.2) is 11.5 Å². The molecule has 0 saturated heterocycles. The molecule has 1 aromatic carbocycles. The number of rotatable bonds is 7. The largest absolute Gasteiger partial charge is 0.464 e. The number of primary amides is 1. The van der Waals surface area contributed by atoms with Crippen molar-refractivity contribution in [2.45, 2.75) is 32.6 Å². The van der Waals surface area contributed by atoms with E-state index in [4.69, 9.17) is 14.6 Å². The zero-order valence-corrected chi connectivity index (χ0v) is 13.5. The number of hydrogen-bond donors (Lipinski definition) is 1. The number of carbonyl (C=O) groups is 2. The van der Waals surface area contributed by atoms with E-state index in [1.165, 1.54) is 11.8 Å². The highest BCUT2D eigenvalue weighted by Gasteiger charge is 2.16. The van der Waals surface area contributed by atoms with Crippen molar-refractivity contribution in [2.24, 2.45) is 5.73 Å². The smallest absolute Gasteiger partial charge is 0.217 e. The summed E-state index contributed by atoms with van der Waals surface area (Å²) in [6.45, 7) is 2.14. The molecule has 2 heterocycles. The normalized spacial score (nSPS) is 11.0. The number of amides is 1. The molecule has 0 atom stereocenters. The van der Waals surface area contributed by atoms with Gasteiger partial charge in [-0.1, -0.05) is 25.5 Å². The zero-order valence-electron chi connectivity index (χ0n) is 13.5. The van der Waals surface area contributed by atoms with E-state index in [-0.39, 0.29) is 24.4 Å². The maximum Gasteiger partial charge on any atom is 0.217 e. The molecule has 5 heteroatoms. The summed E-state index contributed by atoms with van der Waals surface area (Å²) in [7, 11) is 0. The second-order valence-corrected chi connectivity index (χ2v) is 5.82. The fraction of sp³-hybridized carbons (Fsp3) is 0.263. The Labute approximate surface area is 139 Å². The lowest BCUT2D eigenvalue weighted by molar-refractivity contribution is -0.118. The highest BCUT2D eigenvalue weighted by atomic mass is 16.3. The van der Waals surface area contributed by atoms with Crippen molar-refractivity contribution in [1.82, 2.24) is 0 Å². The van der Waals surface area contributed by atoms with Crippen molar-refractivity contribution in [3.8, 4) is 11.1 Å². The molecule has 2 N–H and O–H groups in total. The fourth-order valence-corrected chi connectivity index (χ4v) is 2.72. The van der Waals surface area contributed by atoms with Gasteiger partial charge in [0.05, 0.1) is 12.5 Å². The van der Waals surface area contributed by atoms with Crippen molar-refractivity contribution in [1.29, 1.82) is 0 Å². The molecule has 1 amide bonds. The summed E-state index contributed by atoms with van der Waals surface area (Å²) in [5.74, 6) is -0.514. The van der Waals surface area contributed by atoms with Gasteiger partial charge in [-0.05, 0) is 24.1 Å². The molecule has 0 aliphatic carbocycles. The third-order valence-corrected chi connectivity index (χ3v) is 3.96. The van der Waals surface area contributed by atoms with Crippen LogP contribution in [0.2, 0.25) is 0 Å². The van der Waals surface area contributed by atoms with Crippen LogP contribution in [-0.4, -0.2) is 11.7 Å². The van der Waals surface area contributed by atoms with E-state index < -0.39 is 5.91 Å². The van der Waals surface area contributed by atoms with Crippen molar-refractivity contribution in [3.63, 3.8) is 0 Å². The van der Waals surface area contributed by atoms with Gasteiger partial charge in [0.25, 0.3) is 0 Å². The van der Waals surface area contributed by atoms with Crippen molar-refractivity contribution in [2.75, 3.05) is 0 Å². The topological polar surface area (TPSA) is 86.4 Å². The lowest BCUT2D eigenvalue weighted by Crippen LogP contribution is -2.12. The maximum absolute atomic E-state index is 12.0. The number of ketones is 1. The molecule has 2 aromatic heterocycles. The molecular formula is C19H19NO4. The van der Waals surface area contributed by atoms with Crippen molar-refractivity contribution in [3.05, 3.63) is 48.1 Å². The van der Waals surface area contributed by atoms with Gasteiger partial charge < -0.3 is 14.6 Å². The summed E-state index contributed by atoms with van der Waals surface area (Å²) in [5, 5.41) is 0.979. The molecule has 124 valence electrons. The number of fused-ring (bicyclic) bond motifs is 1. The third-order valence-electron chi connectivity index (χ3n) is 3.96. The first-order valence-corrected chi connectivity index (χ1v) is 7.99. The Morgan fingerprint density at radius 2 is 1.92 bits per heavy atom. The Morgan fingerprint density at radius 3 is 2.67 bits per heavy atom. The minimum absolute atomic E-state index is 0.0176. The second-order valence-electron chi connectivity index (χ2n) is 5.82. The van der Waals surface area contributed by atoms with Gasteiger partial charge in [-0.25, -0.2) is 0 Å². The summed E-state index contributed by atoms with van der Waals surface area (Å²) >= 11 is 0. The number of hydrogen-bond acceptors (Lipinski definition) is 4. The van der Waals surface area contributed by atoms with Crippen LogP contribution in [-0.2, 0) is 11.2 Å². The molecule has 0 unspecified atom stereocenters. The van der Waals surface area contributed by atoms with Crippen LogP contribution in [0.1, 0.15) is 42.3 Å². The van der Waals surface area contributed by atoms with Gasteiger partial charge in [0.2, 0.25) is 5.91 Å². The molecule has 5 nitrogen and oxygen atoms in total. The molecular weight excluding hydrogens is 306 g/mol. The van der Waals surface area contributed by atoms with E-state index in [1.807, 2.05) is 12.1 Å². The standard InChI is InChI=1S/C19H19NO4/c1-2-3-12-4-5-14-15(11-24-17(14)8-12)13-9-18(23-10-13)16(21)6-7-19(20)22/h4-5,8-11H,2-3,6-7H2,1H3,(H2,20,22). The number of aryl methyl sites for hydroxylation is 1. The number of nitrogens with two attached hydrogens (primary N) is 1. The van der Waals surface area contributed by atoms with Crippen LogP contribution < -0.4 is 5.73 Å². The Morgan fingerprint density at radius 1 is 1.08 bits per heavy atom. The number of carbonyl (C=O) groups excluding carboxylic acids is 2. The second kappa shape index (κ2) is 6.74. The maximum atomic E-state index is 12.0. The Balaban J connectivity index is 1.86. The van der Waals surface area contributed by atoms with Gasteiger partial charge in [0.1, 0.15) is 5.58 Å². The summed E-state index contributed by atoms with van der Waals surface area (Å²) in [4.78, 5) is 22.8. The molecule has 3 rings (SSSR count). The average Bonchev–Trinajstić information content (AvgIpc) is 3.19. The lowest BCUT2D eigenvalue weighted by atomic mass is 10.0. The zero-order chi connectivity index (χ0) is 17.1. The van der Waals surface area contributed by atoms with Crippen LogP contribution in [0.5, 0.6) is 0 Å². The van der Waals surface area contributed by atoms with E-state index in [1.54, 1.807) is 12.3 Å². The Hall–Kier alpha value is -2.82. The van der Waals surface area contributed by atoms with E-state index in [9.17, 15) is 9.59 Å². The van der Waals surface area contributed by atoms with Crippen LogP contribution in [0.3, 0.4) is 0 Å². The molecule has 0 bridgehead atoms. The van der Waals surface area contributed by atoms with Gasteiger partial charge in [-0.15, -0.1) is 0 Å². The summed E-state index contributed by atoms with van der Waals surface area (Å²) in [5.41, 5.74) is 8.78. The van der Waals surface area contributed by atoms with Gasteiger partial charge in [-0.3, -0.25) is 9.59 Å². The first-order chi connectivity index (χ1) is 11.6. The van der Waals surface area contributed by atoms with Crippen LogP contribution in [0.4, 0.5) is 0 Å². The first-order valence-electron chi connectivity index (χ1n) is 7.99.